The highest BCUT2D eigenvalue weighted by Gasteiger charge is 2.16. The number of aryl methyl sites for hydroxylation is 1. The number of hydrogen-bond acceptors (Lipinski definition) is 1. The van der Waals surface area contributed by atoms with Gasteiger partial charge >= 0.3 is 0 Å². The second-order valence-electron chi connectivity index (χ2n) is 3.98. The smallest absolute Gasteiger partial charge is 0.123 e. The van der Waals surface area contributed by atoms with Crippen LogP contribution >= 0.6 is 0 Å². The number of rotatable bonds is 1. The van der Waals surface area contributed by atoms with E-state index in [1.165, 1.54) is 17.2 Å². The van der Waals surface area contributed by atoms with Crippen LogP contribution in [0.2, 0.25) is 0 Å². The Morgan fingerprint density at radius 2 is 2.25 bits per heavy atom. The third-order valence-corrected chi connectivity index (χ3v) is 2.93. The van der Waals surface area contributed by atoms with Crippen molar-refractivity contribution in [2.45, 2.75) is 12.8 Å². The number of fused-ring (bicyclic) bond motifs is 1. The first kappa shape index (κ1) is 9.33. The monoisotopic (exact) mass is 214 g/mol. The second kappa shape index (κ2) is 3.59. The average Bonchev–Trinajstić information content (AvgIpc) is 2.90. The first-order valence-corrected chi connectivity index (χ1v) is 5.31. The quantitative estimate of drug-likeness (QED) is 0.776. The van der Waals surface area contributed by atoms with Gasteiger partial charge in [0, 0.05) is 0 Å². The largest absolute Gasteiger partial charge is 0.345 e. The lowest BCUT2D eigenvalue weighted by atomic mass is 10.1. The molecule has 3 rings (SSSR count). The van der Waals surface area contributed by atoms with Gasteiger partial charge in [-0.3, -0.25) is 0 Å². The summed E-state index contributed by atoms with van der Waals surface area (Å²) in [6.45, 7) is 0. The van der Waals surface area contributed by atoms with Crippen molar-refractivity contribution in [2.75, 3.05) is 0 Å². The maximum absolute atomic E-state index is 13.2. The Morgan fingerprint density at radius 1 is 1.31 bits per heavy atom. The van der Waals surface area contributed by atoms with E-state index in [-0.39, 0.29) is 5.82 Å². The molecule has 1 aromatic carbocycles. The normalized spacial score (nSPS) is 16.7. The summed E-state index contributed by atoms with van der Waals surface area (Å²) in [6, 6.07) is 5.01. The second-order valence-corrected chi connectivity index (χ2v) is 3.98. The number of aromatic nitrogens is 2. The molecule has 1 aliphatic carbocycles. The number of nitrogens with one attached hydrogen (secondary N) is 1. The highest BCUT2D eigenvalue weighted by Crippen LogP contribution is 2.33. The van der Waals surface area contributed by atoms with Gasteiger partial charge in [-0.1, -0.05) is 6.07 Å². The number of allylic oxidation sites excluding steroid dienone is 1. The molecule has 0 amide bonds. The summed E-state index contributed by atoms with van der Waals surface area (Å²) >= 11 is 0. The van der Waals surface area contributed by atoms with Gasteiger partial charge < -0.3 is 4.98 Å². The van der Waals surface area contributed by atoms with E-state index >= 15 is 0 Å². The molecule has 0 unspecified atom stereocenters. The summed E-state index contributed by atoms with van der Waals surface area (Å²) in [5, 5.41) is 0. The van der Waals surface area contributed by atoms with E-state index in [4.69, 9.17) is 0 Å². The lowest BCUT2D eigenvalue weighted by molar-refractivity contribution is 0.627. The summed E-state index contributed by atoms with van der Waals surface area (Å²) in [5.41, 5.74) is 4.41. The van der Waals surface area contributed by atoms with Gasteiger partial charge in [-0.15, -0.1) is 0 Å². The van der Waals surface area contributed by atoms with Gasteiger partial charge in [-0.25, -0.2) is 9.37 Å². The molecule has 1 heterocycles. The van der Waals surface area contributed by atoms with Gasteiger partial charge in [0.05, 0.1) is 18.2 Å². The maximum atomic E-state index is 13.2. The molecular formula is C13H11FN2. The van der Waals surface area contributed by atoms with E-state index in [0.29, 0.717) is 0 Å². The van der Waals surface area contributed by atoms with Crippen LogP contribution in [0.15, 0.2) is 30.7 Å². The fourth-order valence-electron chi connectivity index (χ4n) is 2.15. The molecule has 2 aromatic rings. The number of halogens is 1. The van der Waals surface area contributed by atoms with Gasteiger partial charge in [0.2, 0.25) is 0 Å². The molecule has 1 aromatic heterocycles. The predicted molar refractivity (Wildman–Crippen MR) is 61.2 cm³/mol. The Hall–Kier alpha value is -1.90. The SMILES string of the molecule is Fc1ccc2c(c1)C(=Cc1cnc[nH]1)CC2. The van der Waals surface area contributed by atoms with E-state index in [1.807, 2.05) is 12.1 Å². The molecule has 16 heavy (non-hydrogen) atoms. The standard InChI is InChI=1S/C13H11FN2/c14-11-4-3-9-1-2-10(13(9)6-11)5-12-7-15-8-16-12/h3-8H,1-2H2,(H,15,16). The number of benzene rings is 1. The molecule has 0 saturated heterocycles. The Morgan fingerprint density at radius 3 is 3.06 bits per heavy atom. The zero-order chi connectivity index (χ0) is 11.0. The van der Waals surface area contributed by atoms with Crippen molar-refractivity contribution in [1.82, 2.24) is 9.97 Å². The molecule has 0 radical (unpaired) electrons. The van der Waals surface area contributed by atoms with E-state index < -0.39 is 0 Å². The van der Waals surface area contributed by atoms with Crippen molar-refractivity contribution in [2.24, 2.45) is 0 Å². The molecule has 0 saturated carbocycles. The molecule has 0 atom stereocenters. The molecule has 1 aliphatic rings. The topological polar surface area (TPSA) is 28.7 Å². The Balaban J connectivity index is 2.05. The van der Waals surface area contributed by atoms with Crippen LogP contribution in [0.5, 0.6) is 0 Å². The van der Waals surface area contributed by atoms with E-state index in [1.54, 1.807) is 18.6 Å². The maximum Gasteiger partial charge on any atom is 0.123 e. The molecule has 1 N–H and O–H groups in total. The average molecular weight is 214 g/mol. The summed E-state index contributed by atoms with van der Waals surface area (Å²) in [5.74, 6) is -0.170. The number of H-pyrrole nitrogens is 1. The van der Waals surface area contributed by atoms with Crippen molar-refractivity contribution in [3.63, 3.8) is 0 Å². The fraction of sp³-hybridized carbons (Fsp3) is 0.154. The zero-order valence-corrected chi connectivity index (χ0v) is 8.70. The first-order chi connectivity index (χ1) is 7.83. The third-order valence-electron chi connectivity index (χ3n) is 2.93. The van der Waals surface area contributed by atoms with Gasteiger partial charge in [-0.05, 0) is 47.8 Å². The van der Waals surface area contributed by atoms with Gasteiger partial charge in [-0.2, -0.15) is 0 Å². The van der Waals surface area contributed by atoms with Crippen LogP contribution < -0.4 is 0 Å². The van der Waals surface area contributed by atoms with Crippen LogP contribution in [-0.2, 0) is 6.42 Å². The van der Waals surface area contributed by atoms with Crippen molar-refractivity contribution < 1.29 is 4.39 Å². The van der Waals surface area contributed by atoms with Crippen LogP contribution in [0.4, 0.5) is 4.39 Å². The number of imidazole rings is 1. The van der Waals surface area contributed by atoms with Crippen molar-refractivity contribution in [3.05, 3.63) is 53.4 Å². The molecular weight excluding hydrogens is 203 g/mol. The van der Waals surface area contributed by atoms with E-state index in [9.17, 15) is 4.39 Å². The molecule has 0 fully saturated rings. The van der Waals surface area contributed by atoms with Crippen molar-refractivity contribution in [3.8, 4) is 0 Å². The summed E-state index contributed by atoms with van der Waals surface area (Å²) in [6.07, 6.45) is 7.42. The highest BCUT2D eigenvalue weighted by atomic mass is 19.1. The van der Waals surface area contributed by atoms with Crippen LogP contribution in [0, 0.1) is 5.82 Å². The minimum absolute atomic E-state index is 0.170. The fourth-order valence-corrected chi connectivity index (χ4v) is 2.15. The van der Waals surface area contributed by atoms with Crippen LogP contribution in [0.25, 0.3) is 11.6 Å². The van der Waals surface area contributed by atoms with E-state index in [0.717, 1.165) is 24.1 Å². The number of hydrogen-bond donors (Lipinski definition) is 1. The van der Waals surface area contributed by atoms with Gasteiger partial charge in [0.1, 0.15) is 5.82 Å². The van der Waals surface area contributed by atoms with Crippen LogP contribution in [0.3, 0.4) is 0 Å². The number of aromatic amines is 1. The molecule has 2 nitrogen and oxygen atoms in total. The lowest BCUT2D eigenvalue weighted by Crippen LogP contribution is -1.83. The first-order valence-electron chi connectivity index (χ1n) is 5.31. The molecule has 80 valence electrons. The highest BCUT2D eigenvalue weighted by molar-refractivity contribution is 5.84. The molecule has 0 aliphatic heterocycles. The molecule has 0 spiro atoms. The van der Waals surface area contributed by atoms with Crippen LogP contribution in [-0.4, -0.2) is 9.97 Å². The van der Waals surface area contributed by atoms with E-state index in [2.05, 4.69) is 9.97 Å². The predicted octanol–water partition coefficient (Wildman–Crippen LogP) is 3.04. The minimum Gasteiger partial charge on any atom is -0.345 e. The Labute approximate surface area is 92.8 Å². The third kappa shape index (κ3) is 1.54. The van der Waals surface area contributed by atoms with Crippen molar-refractivity contribution >= 4 is 11.6 Å². The Bertz CT molecular complexity index is 541. The zero-order valence-electron chi connectivity index (χ0n) is 8.70. The number of nitrogens with zero attached hydrogens (tertiary/aromatic N) is 1. The summed E-state index contributed by atoms with van der Waals surface area (Å²) in [4.78, 5) is 6.99. The minimum atomic E-state index is -0.170. The summed E-state index contributed by atoms with van der Waals surface area (Å²) in [7, 11) is 0. The van der Waals surface area contributed by atoms with Gasteiger partial charge in [0.15, 0.2) is 0 Å². The molecule has 0 bridgehead atoms. The Kier molecular flexibility index (Phi) is 2.10. The van der Waals surface area contributed by atoms with Crippen molar-refractivity contribution in [1.29, 1.82) is 0 Å². The summed E-state index contributed by atoms with van der Waals surface area (Å²) < 4.78 is 13.2. The van der Waals surface area contributed by atoms with Crippen LogP contribution in [0.1, 0.15) is 23.2 Å². The molecule has 3 heteroatoms. The lowest BCUT2D eigenvalue weighted by Gasteiger charge is -2.00. The van der Waals surface area contributed by atoms with Gasteiger partial charge in [0.25, 0.3) is 0 Å².